The maximum atomic E-state index is 11.9. The van der Waals surface area contributed by atoms with Gasteiger partial charge in [-0.15, -0.1) is 6.58 Å². The van der Waals surface area contributed by atoms with Gasteiger partial charge in [0, 0.05) is 23.7 Å². The third-order valence-electron chi connectivity index (χ3n) is 3.33. The standard InChI is InChI=1S/C13H17NO2/c1-3-9(4-2)11-8-10-6-5-7-14(10)13(16)12(11)15/h3,8-9,15H,1,4-7H2,2H3/t9-/m0/s1. The van der Waals surface area contributed by atoms with Crippen molar-refractivity contribution in [2.24, 2.45) is 0 Å². The van der Waals surface area contributed by atoms with Crippen LogP contribution in [0.15, 0.2) is 23.5 Å². The lowest BCUT2D eigenvalue weighted by atomic mass is 9.96. The second kappa shape index (κ2) is 4.16. The third-order valence-corrected chi connectivity index (χ3v) is 3.33. The molecule has 0 aromatic carbocycles. The van der Waals surface area contributed by atoms with Crippen molar-refractivity contribution in [2.75, 3.05) is 0 Å². The molecule has 16 heavy (non-hydrogen) atoms. The van der Waals surface area contributed by atoms with Crippen LogP contribution in [0.1, 0.15) is 36.9 Å². The lowest BCUT2D eigenvalue weighted by Gasteiger charge is -2.14. The summed E-state index contributed by atoms with van der Waals surface area (Å²) in [6.45, 7) is 6.51. The molecule has 0 spiro atoms. The van der Waals surface area contributed by atoms with E-state index < -0.39 is 0 Å². The van der Waals surface area contributed by atoms with Gasteiger partial charge in [-0.25, -0.2) is 0 Å². The zero-order valence-electron chi connectivity index (χ0n) is 9.57. The summed E-state index contributed by atoms with van der Waals surface area (Å²) in [5.41, 5.74) is 1.53. The van der Waals surface area contributed by atoms with Crippen molar-refractivity contribution < 1.29 is 5.11 Å². The Bertz CT molecular complexity index is 474. The van der Waals surface area contributed by atoms with Crippen LogP contribution in [0, 0.1) is 0 Å². The molecular formula is C13H17NO2. The lowest BCUT2D eigenvalue weighted by molar-refractivity contribution is 0.447. The first-order valence-corrected chi connectivity index (χ1v) is 5.77. The van der Waals surface area contributed by atoms with Crippen molar-refractivity contribution in [3.63, 3.8) is 0 Å². The number of aromatic hydroxyl groups is 1. The van der Waals surface area contributed by atoms with Gasteiger partial charge in [0.05, 0.1) is 0 Å². The SMILES string of the molecule is C=C[C@@H](CC)c1cc2n(c(=O)c1O)CCC2. The van der Waals surface area contributed by atoms with E-state index in [1.807, 2.05) is 13.0 Å². The molecule has 0 aliphatic carbocycles. The van der Waals surface area contributed by atoms with Crippen molar-refractivity contribution in [3.05, 3.63) is 40.3 Å². The van der Waals surface area contributed by atoms with Crippen LogP contribution in [0.25, 0.3) is 0 Å². The zero-order valence-corrected chi connectivity index (χ0v) is 9.57. The fraction of sp³-hybridized carbons (Fsp3) is 0.462. The fourth-order valence-electron chi connectivity index (χ4n) is 2.37. The highest BCUT2D eigenvalue weighted by Gasteiger charge is 2.20. The van der Waals surface area contributed by atoms with Gasteiger partial charge >= 0.3 is 0 Å². The number of aryl methyl sites for hydroxylation is 1. The molecule has 1 N–H and O–H groups in total. The van der Waals surface area contributed by atoms with E-state index in [0.29, 0.717) is 0 Å². The second-order valence-corrected chi connectivity index (χ2v) is 4.25. The molecule has 2 rings (SSSR count). The number of fused-ring (bicyclic) bond motifs is 1. The first-order valence-electron chi connectivity index (χ1n) is 5.77. The maximum Gasteiger partial charge on any atom is 0.293 e. The molecule has 3 heteroatoms. The predicted molar refractivity (Wildman–Crippen MR) is 63.9 cm³/mol. The van der Waals surface area contributed by atoms with E-state index in [1.54, 1.807) is 10.6 Å². The van der Waals surface area contributed by atoms with Gasteiger partial charge in [0.25, 0.3) is 5.56 Å². The number of allylic oxidation sites excluding steroid dienone is 1. The van der Waals surface area contributed by atoms with Gasteiger partial charge in [-0.3, -0.25) is 4.79 Å². The number of pyridine rings is 1. The topological polar surface area (TPSA) is 42.2 Å². The Morgan fingerprint density at radius 1 is 1.69 bits per heavy atom. The monoisotopic (exact) mass is 219 g/mol. The summed E-state index contributed by atoms with van der Waals surface area (Å²) in [7, 11) is 0. The van der Waals surface area contributed by atoms with E-state index in [4.69, 9.17) is 0 Å². The molecule has 86 valence electrons. The minimum atomic E-state index is -0.245. The summed E-state index contributed by atoms with van der Waals surface area (Å²) in [4.78, 5) is 11.9. The Balaban J connectivity index is 2.60. The molecule has 1 aromatic rings. The molecule has 2 heterocycles. The summed E-state index contributed by atoms with van der Waals surface area (Å²) in [6.07, 6.45) is 4.56. The van der Waals surface area contributed by atoms with Crippen LogP contribution in [0.3, 0.4) is 0 Å². The first kappa shape index (κ1) is 11.0. The van der Waals surface area contributed by atoms with Crippen LogP contribution < -0.4 is 5.56 Å². The normalized spacial score (nSPS) is 15.8. The van der Waals surface area contributed by atoms with Gasteiger partial charge in [0.1, 0.15) is 0 Å². The zero-order chi connectivity index (χ0) is 11.7. The Labute approximate surface area is 95.0 Å². The first-order chi connectivity index (χ1) is 7.69. The summed E-state index contributed by atoms with van der Waals surface area (Å²) in [5.74, 6) is -0.0309. The molecule has 0 unspecified atom stereocenters. The number of hydrogen-bond acceptors (Lipinski definition) is 2. The fourth-order valence-corrected chi connectivity index (χ4v) is 2.37. The molecule has 0 fully saturated rings. The van der Waals surface area contributed by atoms with Gasteiger partial charge in [0.2, 0.25) is 0 Å². The molecule has 1 aliphatic heterocycles. The Morgan fingerprint density at radius 3 is 3.06 bits per heavy atom. The average molecular weight is 219 g/mol. The summed E-state index contributed by atoms with van der Waals surface area (Å²) >= 11 is 0. The van der Waals surface area contributed by atoms with Crippen molar-refractivity contribution in [1.82, 2.24) is 4.57 Å². The molecule has 0 amide bonds. The highest BCUT2D eigenvalue weighted by molar-refractivity contribution is 5.38. The van der Waals surface area contributed by atoms with Gasteiger partial charge in [-0.2, -0.15) is 0 Å². The molecule has 0 saturated carbocycles. The van der Waals surface area contributed by atoms with Crippen LogP contribution in [0.5, 0.6) is 5.75 Å². The molecule has 1 aliphatic rings. The number of nitrogens with zero attached hydrogens (tertiary/aromatic N) is 1. The van der Waals surface area contributed by atoms with Gasteiger partial charge < -0.3 is 9.67 Å². The maximum absolute atomic E-state index is 11.9. The van der Waals surface area contributed by atoms with Gasteiger partial charge in [-0.05, 0) is 25.3 Å². The summed E-state index contributed by atoms with van der Waals surface area (Å²) in [6, 6.07) is 1.96. The smallest absolute Gasteiger partial charge is 0.293 e. The van der Waals surface area contributed by atoms with Crippen LogP contribution in [0.4, 0.5) is 0 Å². The minimum absolute atomic E-state index is 0.0687. The second-order valence-electron chi connectivity index (χ2n) is 4.25. The molecule has 1 aromatic heterocycles. The van der Waals surface area contributed by atoms with E-state index in [-0.39, 0.29) is 17.2 Å². The van der Waals surface area contributed by atoms with E-state index >= 15 is 0 Å². The Kier molecular flexibility index (Phi) is 2.86. The van der Waals surface area contributed by atoms with Crippen molar-refractivity contribution >= 4 is 0 Å². The summed E-state index contributed by atoms with van der Waals surface area (Å²) < 4.78 is 1.68. The van der Waals surface area contributed by atoms with E-state index in [2.05, 4.69) is 6.58 Å². The Morgan fingerprint density at radius 2 is 2.44 bits per heavy atom. The molecule has 1 atom stereocenters. The number of aromatic nitrogens is 1. The molecule has 3 nitrogen and oxygen atoms in total. The van der Waals surface area contributed by atoms with E-state index in [9.17, 15) is 9.90 Å². The van der Waals surface area contributed by atoms with Gasteiger partial charge in [-0.1, -0.05) is 13.0 Å². The average Bonchev–Trinajstić information content (AvgIpc) is 2.75. The van der Waals surface area contributed by atoms with Gasteiger partial charge in [0.15, 0.2) is 5.75 Å². The highest BCUT2D eigenvalue weighted by Crippen LogP contribution is 2.29. The van der Waals surface area contributed by atoms with Crippen molar-refractivity contribution in [3.8, 4) is 5.75 Å². The molecule has 0 saturated heterocycles. The molecular weight excluding hydrogens is 202 g/mol. The van der Waals surface area contributed by atoms with Crippen LogP contribution >= 0.6 is 0 Å². The van der Waals surface area contributed by atoms with E-state index in [0.717, 1.165) is 37.1 Å². The van der Waals surface area contributed by atoms with Crippen LogP contribution in [-0.2, 0) is 13.0 Å². The number of hydrogen-bond donors (Lipinski definition) is 1. The van der Waals surface area contributed by atoms with E-state index in [1.165, 1.54) is 0 Å². The van der Waals surface area contributed by atoms with Crippen molar-refractivity contribution in [1.29, 1.82) is 0 Å². The quantitative estimate of drug-likeness (QED) is 0.792. The third kappa shape index (κ3) is 1.56. The molecule has 0 radical (unpaired) electrons. The summed E-state index contributed by atoms with van der Waals surface area (Å²) in [5, 5.41) is 9.91. The van der Waals surface area contributed by atoms with Crippen molar-refractivity contribution in [2.45, 2.75) is 38.6 Å². The minimum Gasteiger partial charge on any atom is -0.503 e. The lowest BCUT2D eigenvalue weighted by Crippen LogP contribution is -2.20. The Hall–Kier alpha value is -1.51. The largest absolute Gasteiger partial charge is 0.503 e. The van der Waals surface area contributed by atoms with Crippen LogP contribution in [-0.4, -0.2) is 9.67 Å². The van der Waals surface area contributed by atoms with Crippen LogP contribution in [0.2, 0.25) is 0 Å². The number of rotatable bonds is 3. The molecule has 0 bridgehead atoms. The predicted octanol–water partition coefficient (Wildman–Crippen LogP) is 2.18. The highest BCUT2D eigenvalue weighted by atomic mass is 16.3.